The number of hydrogen-bond acceptors (Lipinski definition) is 2. The molecule has 23 heavy (non-hydrogen) atoms. The minimum atomic E-state index is -0.129. The molecular weight excluding hydrogens is 288 g/mol. The Hall–Kier alpha value is -2.62. The van der Waals surface area contributed by atoms with E-state index in [-0.39, 0.29) is 11.8 Å². The summed E-state index contributed by atoms with van der Waals surface area (Å²) in [4.78, 5) is 25.7. The number of carbonyl (C=O) groups excluding carboxylic acids is 2. The first kappa shape index (κ1) is 16.7. The van der Waals surface area contributed by atoms with Crippen LogP contribution in [0.4, 0.5) is 5.69 Å². The lowest BCUT2D eigenvalue weighted by Crippen LogP contribution is -2.28. The molecule has 0 bridgehead atoms. The molecule has 0 spiro atoms. The maximum absolute atomic E-state index is 12.5. The van der Waals surface area contributed by atoms with Gasteiger partial charge in [-0.3, -0.25) is 9.59 Å². The van der Waals surface area contributed by atoms with Crippen molar-refractivity contribution in [3.8, 4) is 0 Å². The maximum atomic E-state index is 12.5. The summed E-state index contributed by atoms with van der Waals surface area (Å²) in [5.74, 6) is -0.109. The summed E-state index contributed by atoms with van der Waals surface area (Å²) in [6, 6.07) is 13.2. The van der Waals surface area contributed by atoms with Crippen LogP contribution in [-0.4, -0.2) is 25.9 Å². The van der Waals surface area contributed by atoms with Crippen LogP contribution in [0.15, 0.2) is 42.5 Å². The first-order valence-corrected chi connectivity index (χ1v) is 7.57. The molecule has 2 aromatic rings. The predicted octanol–water partition coefficient (Wildman–Crippen LogP) is 2.87. The highest BCUT2D eigenvalue weighted by molar-refractivity contribution is 5.96. The maximum Gasteiger partial charge on any atom is 0.251 e. The highest BCUT2D eigenvalue weighted by Gasteiger charge is 2.14. The second kappa shape index (κ2) is 7.09. The molecular formula is C19H22N2O2. The van der Waals surface area contributed by atoms with Gasteiger partial charge < -0.3 is 10.2 Å². The fourth-order valence-corrected chi connectivity index (χ4v) is 2.43. The van der Waals surface area contributed by atoms with Crippen LogP contribution in [0.1, 0.15) is 27.0 Å². The van der Waals surface area contributed by atoms with E-state index in [1.54, 1.807) is 31.1 Å². The average molecular weight is 310 g/mol. The van der Waals surface area contributed by atoms with Crippen molar-refractivity contribution in [3.05, 3.63) is 64.7 Å². The molecule has 2 rings (SSSR count). The summed E-state index contributed by atoms with van der Waals surface area (Å²) in [5, 5.41) is 2.58. The van der Waals surface area contributed by atoms with Crippen LogP contribution < -0.4 is 10.2 Å². The molecule has 0 atom stereocenters. The fraction of sp³-hybridized carbons (Fsp3) is 0.263. The Bertz CT molecular complexity index is 721. The highest BCUT2D eigenvalue weighted by Crippen LogP contribution is 2.21. The SMILES string of the molecule is CNC(=O)c1ccc(CC(=O)N(C)c2cc(C)ccc2C)cc1. The van der Waals surface area contributed by atoms with Gasteiger partial charge in [0.1, 0.15) is 0 Å². The Morgan fingerprint density at radius 3 is 2.30 bits per heavy atom. The second-order valence-corrected chi connectivity index (χ2v) is 5.70. The number of carbonyl (C=O) groups is 2. The lowest BCUT2D eigenvalue weighted by molar-refractivity contribution is -0.117. The van der Waals surface area contributed by atoms with Gasteiger partial charge in [0, 0.05) is 25.3 Å². The standard InChI is InChI=1S/C19H22N2O2/c1-13-5-6-14(2)17(11-13)21(4)18(22)12-15-7-9-16(10-8-15)19(23)20-3/h5-11H,12H2,1-4H3,(H,20,23). The van der Waals surface area contributed by atoms with Gasteiger partial charge in [-0.1, -0.05) is 24.3 Å². The van der Waals surface area contributed by atoms with Gasteiger partial charge in [-0.05, 0) is 48.7 Å². The summed E-state index contributed by atoms with van der Waals surface area (Å²) in [6.07, 6.45) is 0.303. The van der Waals surface area contributed by atoms with Gasteiger partial charge in [-0.2, -0.15) is 0 Å². The van der Waals surface area contributed by atoms with Crippen molar-refractivity contribution >= 4 is 17.5 Å². The predicted molar refractivity (Wildman–Crippen MR) is 92.9 cm³/mol. The molecule has 4 heteroatoms. The van der Waals surface area contributed by atoms with Gasteiger partial charge in [0.25, 0.3) is 5.91 Å². The van der Waals surface area contributed by atoms with E-state index in [9.17, 15) is 9.59 Å². The third-order valence-corrected chi connectivity index (χ3v) is 3.90. The van der Waals surface area contributed by atoms with Crippen molar-refractivity contribution in [2.45, 2.75) is 20.3 Å². The molecule has 2 aromatic carbocycles. The smallest absolute Gasteiger partial charge is 0.251 e. The van der Waals surface area contributed by atoms with Crippen LogP contribution in [-0.2, 0) is 11.2 Å². The summed E-state index contributed by atoms with van der Waals surface area (Å²) < 4.78 is 0. The van der Waals surface area contributed by atoms with Crippen molar-refractivity contribution in [2.24, 2.45) is 0 Å². The van der Waals surface area contributed by atoms with E-state index >= 15 is 0 Å². The number of likely N-dealkylation sites (N-methyl/N-ethyl adjacent to an activating group) is 1. The molecule has 0 aliphatic rings. The number of anilines is 1. The van der Waals surface area contributed by atoms with E-state index in [0.29, 0.717) is 12.0 Å². The highest BCUT2D eigenvalue weighted by atomic mass is 16.2. The molecule has 120 valence electrons. The fourth-order valence-electron chi connectivity index (χ4n) is 2.43. The Labute approximate surface area is 137 Å². The molecule has 0 saturated carbocycles. The van der Waals surface area contributed by atoms with Crippen LogP contribution in [0, 0.1) is 13.8 Å². The quantitative estimate of drug-likeness (QED) is 0.944. The van der Waals surface area contributed by atoms with E-state index in [4.69, 9.17) is 0 Å². The Morgan fingerprint density at radius 1 is 1.04 bits per heavy atom. The zero-order valence-corrected chi connectivity index (χ0v) is 14.0. The molecule has 0 heterocycles. The first-order chi connectivity index (χ1) is 10.9. The molecule has 0 fully saturated rings. The van der Waals surface area contributed by atoms with Crippen molar-refractivity contribution < 1.29 is 9.59 Å². The summed E-state index contributed by atoms with van der Waals surface area (Å²) in [7, 11) is 3.39. The largest absolute Gasteiger partial charge is 0.355 e. The monoisotopic (exact) mass is 310 g/mol. The molecule has 0 aromatic heterocycles. The van der Waals surface area contributed by atoms with Gasteiger partial charge in [-0.15, -0.1) is 0 Å². The van der Waals surface area contributed by atoms with E-state index in [0.717, 1.165) is 22.4 Å². The van der Waals surface area contributed by atoms with Crippen LogP contribution >= 0.6 is 0 Å². The molecule has 0 aliphatic heterocycles. The third kappa shape index (κ3) is 3.97. The van der Waals surface area contributed by atoms with Gasteiger partial charge >= 0.3 is 0 Å². The zero-order valence-electron chi connectivity index (χ0n) is 14.0. The minimum Gasteiger partial charge on any atom is -0.355 e. The molecule has 0 saturated heterocycles. The number of benzene rings is 2. The summed E-state index contributed by atoms with van der Waals surface area (Å²) in [6.45, 7) is 4.01. The second-order valence-electron chi connectivity index (χ2n) is 5.70. The first-order valence-electron chi connectivity index (χ1n) is 7.57. The van der Waals surface area contributed by atoms with E-state index < -0.39 is 0 Å². The molecule has 0 radical (unpaired) electrons. The van der Waals surface area contributed by atoms with Gasteiger partial charge in [0.2, 0.25) is 5.91 Å². The molecule has 2 amide bonds. The minimum absolute atomic E-state index is 0.0198. The summed E-state index contributed by atoms with van der Waals surface area (Å²) in [5.41, 5.74) is 4.60. The Balaban J connectivity index is 2.12. The van der Waals surface area contributed by atoms with Gasteiger partial charge in [0.05, 0.1) is 6.42 Å². The van der Waals surface area contributed by atoms with Crippen LogP contribution in [0.2, 0.25) is 0 Å². The molecule has 1 N–H and O–H groups in total. The van der Waals surface area contributed by atoms with E-state index in [2.05, 4.69) is 5.32 Å². The topological polar surface area (TPSA) is 49.4 Å². The van der Waals surface area contributed by atoms with Crippen molar-refractivity contribution in [3.63, 3.8) is 0 Å². The number of aryl methyl sites for hydroxylation is 2. The van der Waals surface area contributed by atoms with E-state index in [1.807, 2.05) is 44.2 Å². The number of hydrogen-bond donors (Lipinski definition) is 1. The number of amides is 2. The Morgan fingerprint density at radius 2 is 1.70 bits per heavy atom. The van der Waals surface area contributed by atoms with Gasteiger partial charge in [0.15, 0.2) is 0 Å². The normalized spacial score (nSPS) is 10.3. The molecule has 0 aliphatic carbocycles. The average Bonchev–Trinajstić information content (AvgIpc) is 2.56. The third-order valence-electron chi connectivity index (χ3n) is 3.90. The van der Waals surface area contributed by atoms with Crippen LogP contribution in [0.3, 0.4) is 0 Å². The summed E-state index contributed by atoms with van der Waals surface area (Å²) >= 11 is 0. The number of nitrogens with one attached hydrogen (secondary N) is 1. The van der Waals surface area contributed by atoms with E-state index in [1.165, 1.54) is 0 Å². The molecule has 4 nitrogen and oxygen atoms in total. The Kier molecular flexibility index (Phi) is 5.16. The zero-order chi connectivity index (χ0) is 17.0. The van der Waals surface area contributed by atoms with Crippen LogP contribution in [0.25, 0.3) is 0 Å². The number of rotatable bonds is 4. The van der Waals surface area contributed by atoms with Crippen molar-refractivity contribution in [1.82, 2.24) is 5.32 Å². The van der Waals surface area contributed by atoms with Crippen molar-refractivity contribution in [2.75, 3.05) is 19.0 Å². The lowest BCUT2D eigenvalue weighted by atomic mass is 10.1. The number of nitrogens with zero attached hydrogens (tertiary/aromatic N) is 1. The van der Waals surface area contributed by atoms with Gasteiger partial charge in [-0.25, -0.2) is 0 Å². The molecule has 0 unspecified atom stereocenters. The van der Waals surface area contributed by atoms with Crippen LogP contribution in [0.5, 0.6) is 0 Å². The lowest BCUT2D eigenvalue weighted by Gasteiger charge is -2.20. The van der Waals surface area contributed by atoms with Crippen molar-refractivity contribution in [1.29, 1.82) is 0 Å².